The van der Waals surface area contributed by atoms with E-state index in [1.54, 1.807) is 17.0 Å². The van der Waals surface area contributed by atoms with Gasteiger partial charge in [0.2, 0.25) is 0 Å². The molecule has 0 bridgehead atoms. The predicted octanol–water partition coefficient (Wildman–Crippen LogP) is 4.63. The number of benzene rings is 3. The molecule has 1 aliphatic heterocycles. The van der Waals surface area contributed by atoms with Gasteiger partial charge < -0.3 is 15.0 Å². The number of anilines is 2. The topological polar surface area (TPSA) is 58.6 Å². The first-order chi connectivity index (χ1) is 13.6. The number of ether oxygens (including phenoxy) is 1. The average molecular weight is 437 g/mol. The average Bonchev–Trinajstić information content (AvgIpc) is 2.72. The molecule has 1 aliphatic rings. The van der Waals surface area contributed by atoms with Gasteiger partial charge in [-0.2, -0.15) is 0 Å². The number of hydrogen-bond acceptors (Lipinski definition) is 3. The summed E-state index contributed by atoms with van der Waals surface area (Å²) < 4.78 is 6.42. The van der Waals surface area contributed by atoms with Crippen LogP contribution in [0.5, 0.6) is 5.75 Å². The number of rotatable bonds is 4. The van der Waals surface area contributed by atoms with Crippen LogP contribution in [0.2, 0.25) is 0 Å². The molecule has 0 fully saturated rings. The van der Waals surface area contributed by atoms with Gasteiger partial charge in [0.15, 0.2) is 6.61 Å². The van der Waals surface area contributed by atoms with Gasteiger partial charge in [-0.05, 0) is 54.1 Å². The molecule has 4 rings (SSSR count). The molecule has 6 heteroatoms. The lowest BCUT2D eigenvalue weighted by atomic mass is 10.1. The monoisotopic (exact) mass is 436 g/mol. The van der Waals surface area contributed by atoms with Gasteiger partial charge in [0, 0.05) is 15.7 Å². The van der Waals surface area contributed by atoms with Crippen molar-refractivity contribution in [2.45, 2.75) is 6.54 Å². The van der Waals surface area contributed by atoms with Gasteiger partial charge in [0.25, 0.3) is 11.8 Å². The molecule has 0 spiro atoms. The van der Waals surface area contributed by atoms with Crippen LogP contribution in [-0.4, -0.2) is 18.4 Å². The van der Waals surface area contributed by atoms with E-state index in [2.05, 4.69) is 21.2 Å². The van der Waals surface area contributed by atoms with Crippen molar-refractivity contribution in [3.63, 3.8) is 0 Å². The quantitative estimate of drug-likeness (QED) is 0.648. The Balaban J connectivity index is 1.47. The van der Waals surface area contributed by atoms with Crippen LogP contribution < -0.4 is 15.0 Å². The highest BCUT2D eigenvalue weighted by molar-refractivity contribution is 9.10. The molecule has 0 saturated carbocycles. The van der Waals surface area contributed by atoms with Crippen molar-refractivity contribution in [3.8, 4) is 5.75 Å². The summed E-state index contributed by atoms with van der Waals surface area (Å²) in [4.78, 5) is 26.4. The smallest absolute Gasteiger partial charge is 0.265 e. The Hall–Kier alpha value is -3.12. The summed E-state index contributed by atoms with van der Waals surface area (Å²) >= 11 is 3.37. The molecular weight excluding hydrogens is 420 g/mol. The van der Waals surface area contributed by atoms with E-state index in [1.165, 1.54) is 0 Å². The Morgan fingerprint density at radius 3 is 2.46 bits per heavy atom. The molecule has 0 unspecified atom stereocenters. The minimum atomic E-state index is -0.179. The van der Waals surface area contributed by atoms with Gasteiger partial charge in [-0.25, -0.2) is 0 Å². The van der Waals surface area contributed by atoms with Gasteiger partial charge in [0.1, 0.15) is 5.75 Å². The highest BCUT2D eigenvalue weighted by Crippen LogP contribution is 2.32. The lowest BCUT2D eigenvalue weighted by molar-refractivity contribution is -0.121. The molecule has 140 valence electrons. The van der Waals surface area contributed by atoms with E-state index in [4.69, 9.17) is 4.74 Å². The van der Waals surface area contributed by atoms with Crippen LogP contribution in [0.4, 0.5) is 11.4 Å². The lowest BCUT2D eigenvalue weighted by Crippen LogP contribution is -2.38. The van der Waals surface area contributed by atoms with Crippen molar-refractivity contribution in [1.82, 2.24) is 0 Å². The summed E-state index contributed by atoms with van der Waals surface area (Å²) in [5.41, 5.74) is 2.98. The summed E-state index contributed by atoms with van der Waals surface area (Å²) in [5.74, 6) is 0.435. The molecule has 1 N–H and O–H groups in total. The number of para-hydroxylation sites is 2. The van der Waals surface area contributed by atoms with Crippen LogP contribution in [0, 0.1) is 0 Å². The third-order valence-corrected chi connectivity index (χ3v) is 5.00. The minimum absolute atomic E-state index is 0.0324. The Bertz CT molecular complexity index is 1020. The first-order valence-corrected chi connectivity index (χ1v) is 9.57. The molecule has 3 aromatic rings. The summed E-state index contributed by atoms with van der Waals surface area (Å²) in [6.07, 6.45) is 0. The van der Waals surface area contributed by atoms with Gasteiger partial charge in [-0.3, -0.25) is 9.59 Å². The first kappa shape index (κ1) is 18.3. The maximum absolute atomic E-state index is 12.4. The molecule has 28 heavy (non-hydrogen) atoms. The highest BCUT2D eigenvalue weighted by Gasteiger charge is 2.25. The number of hydrogen-bond donors (Lipinski definition) is 1. The SMILES string of the molecule is O=C(Nc1ccc(Br)cc1)c1ccc(CN2C(=O)COc3ccccc32)cc1. The van der Waals surface area contributed by atoms with Crippen molar-refractivity contribution in [1.29, 1.82) is 0 Å². The summed E-state index contributed by atoms with van der Waals surface area (Å²) in [6.45, 7) is 0.457. The first-order valence-electron chi connectivity index (χ1n) is 8.78. The van der Waals surface area contributed by atoms with Crippen molar-refractivity contribution in [2.24, 2.45) is 0 Å². The standard InChI is InChI=1S/C22H17BrN2O3/c23-17-9-11-18(12-10-17)24-22(27)16-7-5-15(6-8-16)13-25-19-3-1-2-4-20(19)28-14-21(25)26/h1-12H,13-14H2,(H,24,27). The second-order valence-corrected chi connectivity index (χ2v) is 7.31. The molecule has 3 aromatic carbocycles. The van der Waals surface area contributed by atoms with Crippen LogP contribution in [0.15, 0.2) is 77.3 Å². The van der Waals surface area contributed by atoms with Gasteiger partial charge in [-0.15, -0.1) is 0 Å². The molecular formula is C22H17BrN2O3. The fraction of sp³-hybridized carbons (Fsp3) is 0.0909. The fourth-order valence-electron chi connectivity index (χ4n) is 3.01. The van der Waals surface area contributed by atoms with E-state index in [9.17, 15) is 9.59 Å². The zero-order valence-electron chi connectivity index (χ0n) is 14.9. The zero-order valence-corrected chi connectivity index (χ0v) is 16.5. The zero-order chi connectivity index (χ0) is 19.5. The number of halogens is 1. The second-order valence-electron chi connectivity index (χ2n) is 6.39. The van der Waals surface area contributed by atoms with E-state index < -0.39 is 0 Å². The van der Waals surface area contributed by atoms with E-state index in [0.29, 0.717) is 17.9 Å². The van der Waals surface area contributed by atoms with E-state index in [1.807, 2.05) is 60.7 Å². The Morgan fingerprint density at radius 1 is 1.00 bits per heavy atom. The number of amides is 2. The number of carbonyl (C=O) groups is 2. The lowest BCUT2D eigenvalue weighted by Gasteiger charge is -2.29. The number of nitrogens with zero attached hydrogens (tertiary/aromatic N) is 1. The Kier molecular flexibility index (Phi) is 5.12. The number of nitrogens with one attached hydrogen (secondary N) is 1. The number of carbonyl (C=O) groups excluding carboxylic acids is 2. The van der Waals surface area contributed by atoms with Gasteiger partial charge >= 0.3 is 0 Å². The third kappa shape index (κ3) is 3.92. The molecule has 0 atom stereocenters. The van der Waals surface area contributed by atoms with Crippen molar-refractivity contribution in [3.05, 3.63) is 88.4 Å². The summed E-state index contributed by atoms with van der Waals surface area (Å²) in [5, 5.41) is 2.87. The number of fused-ring (bicyclic) bond motifs is 1. The van der Waals surface area contributed by atoms with Gasteiger partial charge in [0.05, 0.1) is 12.2 Å². The molecule has 2 amide bonds. The van der Waals surface area contributed by atoms with E-state index in [0.717, 1.165) is 21.4 Å². The van der Waals surface area contributed by atoms with Crippen LogP contribution in [0.1, 0.15) is 15.9 Å². The van der Waals surface area contributed by atoms with Crippen molar-refractivity contribution in [2.75, 3.05) is 16.8 Å². The van der Waals surface area contributed by atoms with E-state index in [-0.39, 0.29) is 18.4 Å². The largest absolute Gasteiger partial charge is 0.482 e. The van der Waals surface area contributed by atoms with Crippen LogP contribution >= 0.6 is 15.9 Å². The Labute approximate surface area is 171 Å². The molecule has 0 aliphatic carbocycles. The van der Waals surface area contributed by atoms with Crippen molar-refractivity contribution < 1.29 is 14.3 Å². The van der Waals surface area contributed by atoms with Gasteiger partial charge in [-0.1, -0.05) is 40.2 Å². The molecule has 0 radical (unpaired) electrons. The second kappa shape index (κ2) is 7.86. The maximum Gasteiger partial charge on any atom is 0.265 e. The third-order valence-electron chi connectivity index (χ3n) is 4.47. The molecule has 0 saturated heterocycles. The van der Waals surface area contributed by atoms with Crippen LogP contribution in [-0.2, 0) is 11.3 Å². The maximum atomic E-state index is 12.4. The van der Waals surface area contributed by atoms with E-state index >= 15 is 0 Å². The van der Waals surface area contributed by atoms with Crippen LogP contribution in [0.25, 0.3) is 0 Å². The molecule has 0 aromatic heterocycles. The summed E-state index contributed by atoms with van der Waals surface area (Å²) in [7, 11) is 0. The fourth-order valence-corrected chi connectivity index (χ4v) is 3.27. The Morgan fingerprint density at radius 2 is 1.71 bits per heavy atom. The minimum Gasteiger partial charge on any atom is -0.482 e. The van der Waals surface area contributed by atoms with Crippen LogP contribution in [0.3, 0.4) is 0 Å². The molecule has 1 heterocycles. The normalized spacial score (nSPS) is 12.9. The molecule has 5 nitrogen and oxygen atoms in total. The highest BCUT2D eigenvalue weighted by atomic mass is 79.9. The van der Waals surface area contributed by atoms with Crippen molar-refractivity contribution >= 4 is 39.1 Å². The predicted molar refractivity (Wildman–Crippen MR) is 112 cm³/mol. The summed E-state index contributed by atoms with van der Waals surface area (Å²) in [6, 6.07) is 22.1.